The molecule has 1 aliphatic rings. The van der Waals surface area contributed by atoms with E-state index in [4.69, 9.17) is 16.3 Å². The molecule has 0 bridgehead atoms. The third-order valence-electron chi connectivity index (χ3n) is 6.51. The molecule has 1 atom stereocenters. The number of nitrogens with zero attached hydrogens (tertiary/aromatic N) is 1. The van der Waals surface area contributed by atoms with Crippen molar-refractivity contribution in [2.24, 2.45) is 0 Å². The number of ether oxygens (including phenoxy) is 1. The molecule has 0 saturated carbocycles. The minimum atomic E-state index is -0.802. The first kappa shape index (κ1) is 26.5. The highest BCUT2D eigenvalue weighted by molar-refractivity contribution is 6.32. The van der Waals surface area contributed by atoms with Crippen LogP contribution in [-0.2, 0) is 16.1 Å². The van der Waals surface area contributed by atoms with Crippen LogP contribution in [0.5, 0.6) is 5.75 Å². The third kappa shape index (κ3) is 7.70. The van der Waals surface area contributed by atoms with Crippen LogP contribution in [0.4, 0.5) is 0 Å². The Morgan fingerprint density at radius 3 is 2.32 bits per heavy atom. The second-order valence-corrected chi connectivity index (χ2v) is 9.60. The Morgan fingerprint density at radius 1 is 0.919 bits per heavy atom. The number of carbonyl (C=O) groups is 2. The molecule has 0 aromatic heterocycles. The van der Waals surface area contributed by atoms with Crippen molar-refractivity contribution in [2.75, 3.05) is 13.2 Å². The molecule has 4 rings (SSSR count). The Hall–Kier alpha value is -3.57. The molecule has 0 spiro atoms. The number of para-hydroxylation sites is 1. The smallest absolute Gasteiger partial charge is 0.261 e. The lowest BCUT2D eigenvalue weighted by atomic mass is 9.97. The molecule has 0 radical (unpaired) electrons. The SMILES string of the molecule is O=C(NCCC1=CCCCC1)[C@@H](c1ccccc1)N(Cc1ccccc1)C(=O)COc1ccccc1Cl. The molecule has 0 heterocycles. The number of hydrogen-bond donors (Lipinski definition) is 1. The highest BCUT2D eigenvalue weighted by Gasteiger charge is 2.31. The normalized spacial score (nSPS) is 13.8. The minimum Gasteiger partial charge on any atom is -0.482 e. The van der Waals surface area contributed by atoms with Crippen LogP contribution in [-0.4, -0.2) is 29.9 Å². The second-order valence-electron chi connectivity index (χ2n) is 9.19. The van der Waals surface area contributed by atoms with Gasteiger partial charge in [-0.2, -0.15) is 0 Å². The Morgan fingerprint density at radius 2 is 1.62 bits per heavy atom. The van der Waals surface area contributed by atoms with Crippen LogP contribution in [0.1, 0.15) is 49.3 Å². The molecule has 1 N–H and O–H groups in total. The maximum Gasteiger partial charge on any atom is 0.261 e. The Balaban J connectivity index is 1.56. The second kappa shape index (κ2) is 13.7. The maximum absolute atomic E-state index is 13.7. The summed E-state index contributed by atoms with van der Waals surface area (Å²) in [4.78, 5) is 28.9. The molecule has 6 heteroatoms. The van der Waals surface area contributed by atoms with Gasteiger partial charge in [0.25, 0.3) is 5.91 Å². The molecule has 0 fully saturated rings. The fourth-order valence-corrected chi connectivity index (χ4v) is 4.76. The Bertz CT molecular complexity index is 1200. The zero-order chi connectivity index (χ0) is 25.9. The predicted octanol–water partition coefficient (Wildman–Crippen LogP) is 6.50. The summed E-state index contributed by atoms with van der Waals surface area (Å²) < 4.78 is 5.78. The lowest BCUT2D eigenvalue weighted by Crippen LogP contribution is -2.45. The predicted molar refractivity (Wildman–Crippen MR) is 147 cm³/mol. The number of benzene rings is 3. The fourth-order valence-electron chi connectivity index (χ4n) is 4.57. The monoisotopic (exact) mass is 516 g/mol. The van der Waals surface area contributed by atoms with Crippen molar-refractivity contribution in [3.8, 4) is 5.75 Å². The Kier molecular flexibility index (Phi) is 9.78. The molecule has 3 aromatic rings. The lowest BCUT2D eigenvalue weighted by Gasteiger charge is -2.31. The van der Waals surface area contributed by atoms with Crippen molar-refractivity contribution < 1.29 is 14.3 Å². The van der Waals surface area contributed by atoms with Gasteiger partial charge in [-0.3, -0.25) is 9.59 Å². The van der Waals surface area contributed by atoms with E-state index in [0.717, 1.165) is 30.4 Å². The molecule has 37 heavy (non-hydrogen) atoms. The largest absolute Gasteiger partial charge is 0.482 e. The highest BCUT2D eigenvalue weighted by atomic mass is 35.5. The molecule has 192 valence electrons. The van der Waals surface area contributed by atoms with Crippen LogP contribution in [0.3, 0.4) is 0 Å². The van der Waals surface area contributed by atoms with Gasteiger partial charge in [0, 0.05) is 13.1 Å². The number of carbonyl (C=O) groups excluding carboxylic acids is 2. The number of allylic oxidation sites excluding steroid dienone is 1. The number of halogens is 1. The summed E-state index contributed by atoms with van der Waals surface area (Å²) >= 11 is 6.23. The average Bonchev–Trinajstić information content (AvgIpc) is 2.94. The zero-order valence-electron chi connectivity index (χ0n) is 20.9. The zero-order valence-corrected chi connectivity index (χ0v) is 21.7. The molecular formula is C31H33ClN2O3. The van der Waals surface area contributed by atoms with Gasteiger partial charge in [-0.05, 0) is 55.4 Å². The molecule has 3 aromatic carbocycles. The van der Waals surface area contributed by atoms with E-state index in [-0.39, 0.29) is 25.0 Å². The van der Waals surface area contributed by atoms with Gasteiger partial charge in [0.2, 0.25) is 5.91 Å². The van der Waals surface area contributed by atoms with Crippen molar-refractivity contribution in [1.29, 1.82) is 0 Å². The first-order chi connectivity index (χ1) is 18.1. The van der Waals surface area contributed by atoms with Crippen LogP contribution in [0.2, 0.25) is 5.02 Å². The molecule has 2 amide bonds. The van der Waals surface area contributed by atoms with Crippen LogP contribution in [0.25, 0.3) is 0 Å². The van der Waals surface area contributed by atoms with Gasteiger partial charge in [-0.15, -0.1) is 0 Å². The summed E-state index contributed by atoms with van der Waals surface area (Å²) in [6.07, 6.45) is 7.77. The van der Waals surface area contributed by atoms with E-state index in [2.05, 4.69) is 11.4 Å². The standard InChI is InChI=1S/C31H33ClN2O3/c32-27-18-10-11-19-28(27)37-23-29(35)34(22-25-14-6-2-7-15-25)30(26-16-8-3-9-17-26)31(36)33-21-20-24-12-4-1-5-13-24/h2-3,6-12,14-19,30H,1,4-5,13,20-23H2,(H,33,36)/t30-/m1/s1. The van der Waals surface area contributed by atoms with E-state index in [9.17, 15) is 9.59 Å². The van der Waals surface area contributed by atoms with Gasteiger partial charge in [0.1, 0.15) is 11.8 Å². The number of hydrogen-bond acceptors (Lipinski definition) is 3. The summed E-state index contributed by atoms with van der Waals surface area (Å²) in [6, 6.07) is 25.3. The lowest BCUT2D eigenvalue weighted by molar-refractivity contribution is -0.143. The number of amides is 2. The fraction of sp³-hybridized carbons (Fsp3) is 0.290. The number of nitrogens with one attached hydrogen (secondary N) is 1. The van der Waals surface area contributed by atoms with Gasteiger partial charge < -0.3 is 15.0 Å². The topological polar surface area (TPSA) is 58.6 Å². The molecule has 5 nitrogen and oxygen atoms in total. The van der Waals surface area contributed by atoms with E-state index in [1.807, 2.05) is 60.7 Å². The van der Waals surface area contributed by atoms with Crippen molar-refractivity contribution in [3.63, 3.8) is 0 Å². The quantitative estimate of drug-likeness (QED) is 0.296. The molecular weight excluding hydrogens is 484 g/mol. The van der Waals surface area contributed by atoms with E-state index < -0.39 is 6.04 Å². The molecule has 0 aliphatic heterocycles. The van der Waals surface area contributed by atoms with E-state index in [1.165, 1.54) is 18.4 Å². The van der Waals surface area contributed by atoms with Crippen LogP contribution < -0.4 is 10.1 Å². The third-order valence-corrected chi connectivity index (χ3v) is 6.82. The van der Waals surface area contributed by atoms with E-state index in [1.54, 1.807) is 29.2 Å². The van der Waals surface area contributed by atoms with Crippen LogP contribution in [0.15, 0.2) is 96.6 Å². The maximum atomic E-state index is 13.7. The van der Waals surface area contributed by atoms with E-state index in [0.29, 0.717) is 17.3 Å². The number of rotatable bonds is 11. The summed E-state index contributed by atoms with van der Waals surface area (Å²) in [6.45, 7) is 0.571. The van der Waals surface area contributed by atoms with Gasteiger partial charge in [0.15, 0.2) is 6.61 Å². The van der Waals surface area contributed by atoms with Crippen LogP contribution in [0, 0.1) is 0 Å². The summed E-state index contributed by atoms with van der Waals surface area (Å²) in [5.41, 5.74) is 3.07. The van der Waals surface area contributed by atoms with Gasteiger partial charge in [-0.1, -0.05) is 96.0 Å². The molecule has 0 saturated heterocycles. The van der Waals surface area contributed by atoms with Crippen molar-refractivity contribution in [2.45, 2.75) is 44.7 Å². The first-order valence-electron chi connectivity index (χ1n) is 12.8. The Labute approximate surface area is 224 Å². The van der Waals surface area contributed by atoms with Crippen molar-refractivity contribution in [3.05, 3.63) is 113 Å². The molecule has 0 unspecified atom stereocenters. The first-order valence-corrected chi connectivity index (χ1v) is 13.2. The van der Waals surface area contributed by atoms with Crippen molar-refractivity contribution >= 4 is 23.4 Å². The van der Waals surface area contributed by atoms with Crippen molar-refractivity contribution in [1.82, 2.24) is 10.2 Å². The van der Waals surface area contributed by atoms with E-state index >= 15 is 0 Å². The van der Waals surface area contributed by atoms with Gasteiger partial charge in [0.05, 0.1) is 5.02 Å². The average molecular weight is 517 g/mol. The van der Waals surface area contributed by atoms with Gasteiger partial charge in [-0.25, -0.2) is 0 Å². The molecule has 1 aliphatic carbocycles. The minimum absolute atomic E-state index is 0.204. The van der Waals surface area contributed by atoms with Crippen LogP contribution >= 0.6 is 11.6 Å². The summed E-state index contributed by atoms with van der Waals surface area (Å²) in [5, 5.41) is 3.53. The van der Waals surface area contributed by atoms with Gasteiger partial charge >= 0.3 is 0 Å². The summed E-state index contributed by atoms with van der Waals surface area (Å²) in [5.74, 6) is -0.0777. The highest BCUT2D eigenvalue weighted by Crippen LogP contribution is 2.27. The summed E-state index contributed by atoms with van der Waals surface area (Å²) in [7, 11) is 0.